The zero-order valence-corrected chi connectivity index (χ0v) is 15.5. The molecule has 0 saturated carbocycles. The minimum absolute atomic E-state index is 0.648. The molecular formula is C19H19N7S. The van der Waals surface area contributed by atoms with Crippen molar-refractivity contribution in [2.75, 3.05) is 16.6 Å². The number of thioether (sulfide) groups is 1. The van der Waals surface area contributed by atoms with E-state index in [1.165, 1.54) is 11.8 Å². The molecule has 1 aliphatic heterocycles. The third-order valence-electron chi connectivity index (χ3n) is 4.05. The molecule has 1 aliphatic rings. The van der Waals surface area contributed by atoms with Gasteiger partial charge in [-0.25, -0.2) is 20.0 Å². The molecule has 0 aliphatic carbocycles. The van der Waals surface area contributed by atoms with E-state index in [2.05, 4.69) is 25.7 Å². The number of anilines is 3. The van der Waals surface area contributed by atoms with Crippen LogP contribution in [0, 0.1) is 0 Å². The molecule has 2 aromatic carbocycles. The van der Waals surface area contributed by atoms with Gasteiger partial charge in [0, 0.05) is 17.3 Å². The van der Waals surface area contributed by atoms with Crippen molar-refractivity contribution in [2.24, 2.45) is 10.7 Å². The molecular weight excluding hydrogens is 358 g/mol. The Morgan fingerprint density at radius 2 is 1.74 bits per heavy atom. The fourth-order valence-electron chi connectivity index (χ4n) is 2.70. The maximum Gasteiger partial charge on any atom is 0.207 e. The molecule has 136 valence electrons. The van der Waals surface area contributed by atoms with Crippen LogP contribution in [-0.2, 0) is 5.79 Å². The maximum atomic E-state index is 6.43. The summed E-state index contributed by atoms with van der Waals surface area (Å²) in [5.41, 5.74) is 11.4. The molecule has 0 amide bonds. The standard InChI is InChI=1S/C19H19N7S/c1-27-18-23-16(22-15-10-6-3-7-11-15)12-17(24-18)26-13-21-19(20,25-26)14-8-4-2-5-9-14/h2-13,25H,20H2,1H3,(H,22,23,24). The molecule has 1 aromatic heterocycles. The van der Waals surface area contributed by atoms with E-state index < -0.39 is 5.79 Å². The van der Waals surface area contributed by atoms with Crippen LogP contribution in [0.1, 0.15) is 5.56 Å². The number of aromatic nitrogens is 2. The molecule has 0 spiro atoms. The van der Waals surface area contributed by atoms with Crippen LogP contribution in [-0.4, -0.2) is 22.6 Å². The molecule has 7 nitrogen and oxygen atoms in total. The fourth-order valence-corrected chi connectivity index (χ4v) is 3.07. The van der Waals surface area contributed by atoms with Gasteiger partial charge in [0.2, 0.25) is 5.79 Å². The predicted molar refractivity (Wildman–Crippen MR) is 110 cm³/mol. The number of benzene rings is 2. The summed E-state index contributed by atoms with van der Waals surface area (Å²) in [6.45, 7) is 0. The van der Waals surface area contributed by atoms with E-state index in [1.807, 2.05) is 73.0 Å². The van der Waals surface area contributed by atoms with Crippen molar-refractivity contribution in [3.63, 3.8) is 0 Å². The Balaban J connectivity index is 1.61. The first-order valence-electron chi connectivity index (χ1n) is 8.38. The Morgan fingerprint density at radius 1 is 1.04 bits per heavy atom. The highest BCUT2D eigenvalue weighted by Crippen LogP contribution is 2.26. The lowest BCUT2D eigenvalue weighted by molar-refractivity contribution is 0.397. The van der Waals surface area contributed by atoms with Gasteiger partial charge in [0.05, 0.1) is 0 Å². The third kappa shape index (κ3) is 3.77. The largest absolute Gasteiger partial charge is 0.340 e. The SMILES string of the molecule is CSc1nc(Nc2ccccc2)cc(N2C=NC(N)(c3ccccc3)N2)n1. The number of nitrogens with one attached hydrogen (secondary N) is 2. The molecule has 27 heavy (non-hydrogen) atoms. The number of aliphatic imine (C=N–C) groups is 1. The van der Waals surface area contributed by atoms with Gasteiger partial charge in [-0.1, -0.05) is 60.3 Å². The van der Waals surface area contributed by atoms with Crippen molar-refractivity contribution in [3.8, 4) is 0 Å². The van der Waals surface area contributed by atoms with E-state index in [-0.39, 0.29) is 0 Å². The van der Waals surface area contributed by atoms with Gasteiger partial charge in [-0.05, 0) is 18.4 Å². The summed E-state index contributed by atoms with van der Waals surface area (Å²) in [4.78, 5) is 13.5. The summed E-state index contributed by atoms with van der Waals surface area (Å²) in [6, 6.07) is 21.4. The van der Waals surface area contributed by atoms with Crippen LogP contribution in [0.3, 0.4) is 0 Å². The van der Waals surface area contributed by atoms with Crippen molar-refractivity contribution in [1.29, 1.82) is 0 Å². The highest BCUT2D eigenvalue weighted by molar-refractivity contribution is 7.98. The third-order valence-corrected chi connectivity index (χ3v) is 4.60. The lowest BCUT2D eigenvalue weighted by Crippen LogP contribution is -2.51. The summed E-state index contributed by atoms with van der Waals surface area (Å²) in [7, 11) is 0. The summed E-state index contributed by atoms with van der Waals surface area (Å²) < 4.78 is 0. The minimum atomic E-state index is -1.03. The van der Waals surface area contributed by atoms with Crippen LogP contribution < -0.4 is 21.5 Å². The van der Waals surface area contributed by atoms with E-state index in [9.17, 15) is 0 Å². The van der Waals surface area contributed by atoms with E-state index in [0.29, 0.717) is 16.8 Å². The van der Waals surface area contributed by atoms with Gasteiger partial charge in [-0.3, -0.25) is 5.73 Å². The van der Waals surface area contributed by atoms with Crippen LogP contribution in [0.25, 0.3) is 0 Å². The van der Waals surface area contributed by atoms with E-state index in [1.54, 1.807) is 11.3 Å². The molecule has 0 bridgehead atoms. The maximum absolute atomic E-state index is 6.43. The molecule has 3 aromatic rings. The van der Waals surface area contributed by atoms with Gasteiger partial charge in [0.15, 0.2) is 11.0 Å². The van der Waals surface area contributed by atoms with Crippen molar-refractivity contribution in [3.05, 3.63) is 72.3 Å². The number of hydrazine groups is 1. The molecule has 1 unspecified atom stereocenters. The molecule has 0 saturated heterocycles. The number of nitrogens with two attached hydrogens (primary N) is 1. The summed E-state index contributed by atoms with van der Waals surface area (Å²) in [6.07, 6.45) is 3.58. The number of hydrogen-bond donors (Lipinski definition) is 3. The normalized spacial score (nSPS) is 18.7. The zero-order chi connectivity index (χ0) is 18.7. The van der Waals surface area contributed by atoms with Crippen LogP contribution in [0.15, 0.2) is 76.9 Å². The van der Waals surface area contributed by atoms with Crippen molar-refractivity contribution >= 4 is 35.4 Å². The quantitative estimate of drug-likeness (QED) is 0.465. The second-order valence-corrected chi connectivity index (χ2v) is 6.72. The molecule has 0 radical (unpaired) electrons. The van der Waals surface area contributed by atoms with Crippen LogP contribution in [0.2, 0.25) is 0 Å². The smallest absolute Gasteiger partial charge is 0.207 e. The average Bonchev–Trinajstić information content (AvgIpc) is 3.13. The summed E-state index contributed by atoms with van der Waals surface area (Å²) in [5.74, 6) is 0.318. The molecule has 2 heterocycles. The summed E-state index contributed by atoms with van der Waals surface area (Å²) in [5, 5.41) is 5.66. The van der Waals surface area contributed by atoms with E-state index in [0.717, 1.165) is 11.3 Å². The average molecular weight is 377 g/mol. The molecule has 4 rings (SSSR count). The lowest BCUT2D eigenvalue weighted by atomic mass is 10.1. The number of rotatable bonds is 5. The summed E-state index contributed by atoms with van der Waals surface area (Å²) >= 11 is 1.47. The van der Waals surface area contributed by atoms with Crippen molar-refractivity contribution in [2.45, 2.75) is 10.9 Å². The van der Waals surface area contributed by atoms with E-state index >= 15 is 0 Å². The van der Waals surface area contributed by atoms with Gasteiger partial charge in [0.1, 0.15) is 12.2 Å². The molecule has 8 heteroatoms. The Kier molecular flexibility index (Phi) is 4.76. The topological polar surface area (TPSA) is 91.5 Å². The van der Waals surface area contributed by atoms with Gasteiger partial charge in [0.25, 0.3) is 0 Å². The number of nitrogens with zero attached hydrogens (tertiary/aromatic N) is 4. The van der Waals surface area contributed by atoms with Crippen LogP contribution in [0.4, 0.5) is 17.3 Å². The second-order valence-electron chi connectivity index (χ2n) is 5.95. The fraction of sp³-hybridized carbons (Fsp3) is 0.105. The van der Waals surface area contributed by atoms with Crippen molar-refractivity contribution in [1.82, 2.24) is 15.4 Å². The highest BCUT2D eigenvalue weighted by atomic mass is 32.2. The van der Waals surface area contributed by atoms with Gasteiger partial charge in [-0.15, -0.1) is 0 Å². The molecule has 4 N–H and O–H groups in total. The Morgan fingerprint density at radius 3 is 2.44 bits per heavy atom. The lowest BCUT2D eigenvalue weighted by Gasteiger charge is -2.25. The van der Waals surface area contributed by atoms with Crippen LogP contribution in [0.5, 0.6) is 0 Å². The number of para-hydroxylation sites is 1. The zero-order valence-electron chi connectivity index (χ0n) is 14.7. The second kappa shape index (κ2) is 7.36. The Bertz CT molecular complexity index is 949. The first-order valence-corrected chi connectivity index (χ1v) is 9.61. The minimum Gasteiger partial charge on any atom is -0.340 e. The first kappa shape index (κ1) is 17.5. The Labute approximate surface area is 161 Å². The van der Waals surface area contributed by atoms with Crippen molar-refractivity contribution < 1.29 is 0 Å². The molecule has 1 atom stereocenters. The first-order chi connectivity index (χ1) is 13.2. The van der Waals surface area contributed by atoms with Gasteiger partial charge >= 0.3 is 0 Å². The monoisotopic (exact) mass is 377 g/mol. The predicted octanol–water partition coefficient (Wildman–Crippen LogP) is 3.06. The molecule has 0 fully saturated rings. The van der Waals surface area contributed by atoms with Gasteiger partial charge in [-0.2, -0.15) is 5.43 Å². The Hall–Kier alpha value is -2.94. The highest BCUT2D eigenvalue weighted by Gasteiger charge is 2.33. The van der Waals surface area contributed by atoms with Crippen LogP contribution >= 0.6 is 11.8 Å². The number of hydrogen-bond acceptors (Lipinski definition) is 8. The van der Waals surface area contributed by atoms with E-state index in [4.69, 9.17) is 5.73 Å². The van der Waals surface area contributed by atoms with Gasteiger partial charge < -0.3 is 5.32 Å².